The van der Waals surface area contributed by atoms with Gasteiger partial charge in [-0.05, 0) is 64.9 Å². The van der Waals surface area contributed by atoms with Gasteiger partial charge >= 0.3 is 0 Å². The van der Waals surface area contributed by atoms with Crippen LogP contribution in [0.5, 0.6) is 0 Å². The van der Waals surface area contributed by atoms with Gasteiger partial charge in [0.1, 0.15) is 5.82 Å². The van der Waals surface area contributed by atoms with E-state index < -0.39 is 0 Å². The van der Waals surface area contributed by atoms with Crippen molar-refractivity contribution in [3.8, 4) is 0 Å². The molecular weight excluding hydrogens is 251 g/mol. The number of likely N-dealkylation sites (N-methyl/N-ethyl adjacent to an activating group) is 1. The number of benzene rings is 1. The second-order valence-corrected chi connectivity index (χ2v) is 6.34. The molecule has 0 spiro atoms. The lowest BCUT2D eigenvalue weighted by atomic mass is 9.86. The van der Waals surface area contributed by atoms with Gasteiger partial charge in [-0.3, -0.25) is 4.90 Å². The summed E-state index contributed by atoms with van der Waals surface area (Å²) in [5.74, 6) is -0.0952. The van der Waals surface area contributed by atoms with Crippen molar-refractivity contribution in [1.29, 1.82) is 0 Å². The van der Waals surface area contributed by atoms with E-state index in [0.29, 0.717) is 0 Å². The van der Waals surface area contributed by atoms with Crippen molar-refractivity contribution >= 4 is 0 Å². The van der Waals surface area contributed by atoms with Crippen molar-refractivity contribution in [3.05, 3.63) is 35.6 Å². The van der Waals surface area contributed by atoms with Gasteiger partial charge in [-0.25, -0.2) is 4.39 Å². The fraction of sp³-hybridized carbons (Fsp3) is 0.647. The highest BCUT2D eigenvalue weighted by molar-refractivity contribution is 5.19. The zero-order valence-electron chi connectivity index (χ0n) is 13.0. The number of likely N-dealkylation sites (tertiary alicyclic amines) is 1. The SMILES string of the molecule is CNC(Cc1ccccc1F)C(C)(C)N1CCCCC1. The molecule has 20 heavy (non-hydrogen) atoms. The Balaban J connectivity index is 2.12. The second-order valence-electron chi connectivity index (χ2n) is 6.34. The van der Waals surface area contributed by atoms with Crippen molar-refractivity contribution in [2.45, 2.75) is 51.1 Å². The molecule has 1 aliphatic heterocycles. The number of hydrogen-bond acceptors (Lipinski definition) is 2. The summed E-state index contributed by atoms with van der Waals surface area (Å²) in [6.45, 7) is 6.87. The van der Waals surface area contributed by atoms with Crippen LogP contribution < -0.4 is 5.32 Å². The topological polar surface area (TPSA) is 15.3 Å². The van der Waals surface area contributed by atoms with Crippen molar-refractivity contribution in [3.63, 3.8) is 0 Å². The Labute approximate surface area is 122 Å². The molecule has 1 atom stereocenters. The fourth-order valence-electron chi connectivity index (χ4n) is 3.28. The van der Waals surface area contributed by atoms with E-state index in [1.165, 1.54) is 19.3 Å². The average Bonchev–Trinajstić information content (AvgIpc) is 2.47. The molecule has 0 bridgehead atoms. The van der Waals surface area contributed by atoms with E-state index in [4.69, 9.17) is 0 Å². The molecule has 3 heteroatoms. The molecule has 1 aliphatic rings. The summed E-state index contributed by atoms with van der Waals surface area (Å²) in [7, 11) is 1.98. The molecule has 0 aliphatic carbocycles. The van der Waals surface area contributed by atoms with E-state index in [0.717, 1.165) is 25.1 Å². The number of nitrogens with one attached hydrogen (secondary N) is 1. The monoisotopic (exact) mass is 278 g/mol. The van der Waals surface area contributed by atoms with E-state index in [9.17, 15) is 4.39 Å². The lowest BCUT2D eigenvalue weighted by Crippen LogP contribution is -2.59. The summed E-state index contributed by atoms with van der Waals surface area (Å²) in [4.78, 5) is 2.55. The molecule has 2 nitrogen and oxygen atoms in total. The van der Waals surface area contributed by atoms with Crippen LogP contribution in [0.25, 0.3) is 0 Å². The van der Waals surface area contributed by atoms with Crippen molar-refractivity contribution in [2.24, 2.45) is 0 Å². The van der Waals surface area contributed by atoms with Gasteiger partial charge in [0.2, 0.25) is 0 Å². The van der Waals surface area contributed by atoms with Crippen LogP contribution in [-0.4, -0.2) is 36.6 Å². The van der Waals surface area contributed by atoms with Crippen LogP contribution in [0.1, 0.15) is 38.7 Å². The summed E-state index contributed by atoms with van der Waals surface area (Å²) in [5, 5.41) is 3.41. The van der Waals surface area contributed by atoms with Gasteiger partial charge in [0.05, 0.1) is 0 Å². The third-order valence-electron chi connectivity index (χ3n) is 4.75. The Morgan fingerprint density at radius 1 is 1.20 bits per heavy atom. The summed E-state index contributed by atoms with van der Waals surface area (Å²) in [5.41, 5.74) is 0.842. The van der Waals surface area contributed by atoms with E-state index in [1.54, 1.807) is 12.1 Å². The lowest BCUT2D eigenvalue weighted by molar-refractivity contribution is 0.0633. The van der Waals surface area contributed by atoms with Crippen LogP contribution in [0.3, 0.4) is 0 Å². The minimum absolute atomic E-state index is 0.0391. The van der Waals surface area contributed by atoms with Gasteiger partial charge in [0, 0.05) is 11.6 Å². The van der Waals surface area contributed by atoms with Crippen molar-refractivity contribution < 1.29 is 4.39 Å². The Morgan fingerprint density at radius 2 is 1.85 bits per heavy atom. The number of piperidine rings is 1. The van der Waals surface area contributed by atoms with Gasteiger partial charge in [-0.1, -0.05) is 24.6 Å². The Hall–Kier alpha value is -0.930. The highest BCUT2D eigenvalue weighted by Gasteiger charge is 2.35. The van der Waals surface area contributed by atoms with E-state index >= 15 is 0 Å². The molecule has 1 fully saturated rings. The summed E-state index contributed by atoms with van der Waals surface area (Å²) >= 11 is 0. The van der Waals surface area contributed by atoms with Gasteiger partial charge < -0.3 is 5.32 Å². The number of nitrogens with zero attached hydrogens (tertiary/aromatic N) is 1. The highest BCUT2D eigenvalue weighted by atomic mass is 19.1. The maximum atomic E-state index is 13.9. The molecule has 0 amide bonds. The number of rotatable bonds is 5. The first-order chi connectivity index (χ1) is 9.55. The number of halogens is 1. The van der Waals surface area contributed by atoms with Crippen LogP contribution in [0.2, 0.25) is 0 Å². The summed E-state index contributed by atoms with van der Waals surface area (Å²) in [6.07, 6.45) is 4.62. The van der Waals surface area contributed by atoms with Crippen LogP contribution in [0.4, 0.5) is 4.39 Å². The first-order valence-corrected chi connectivity index (χ1v) is 7.71. The first kappa shape index (κ1) is 15.5. The maximum Gasteiger partial charge on any atom is 0.126 e. The average molecular weight is 278 g/mol. The normalized spacial score (nSPS) is 19.0. The molecule has 0 saturated carbocycles. The van der Waals surface area contributed by atoms with Gasteiger partial charge in [0.15, 0.2) is 0 Å². The largest absolute Gasteiger partial charge is 0.315 e. The molecule has 1 aromatic carbocycles. The molecule has 0 radical (unpaired) electrons. The molecule has 2 rings (SSSR count). The van der Waals surface area contributed by atoms with Crippen LogP contribution in [0.15, 0.2) is 24.3 Å². The summed E-state index contributed by atoms with van der Waals surface area (Å²) in [6, 6.07) is 7.36. The van der Waals surface area contributed by atoms with Crippen molar-refractivity contribution in [2.75, 3.05) is 20.1 Å². The number of hydrogen-bond donors (Lipinski definition) is 1. The zero-order valence-corrected chi connectivity index (χ0v) is 13.0. The quantitative estimate of drug-likeness (QED) is 0.889. The molecule has 0 aromatic heterocycles. The highest BCUT2D eigenvalue weighted by Crippen LogP contribution is 2.26. The third-order valence-corrected chi connectivity index (χ3v) is 4.75. The van der Waals surface area contributed by atoms with E-state index in [2.05, 4.69) is 24.1 Å². The molecular formula is C17H27FN2. The van der Waals surface area contributed by atoms with Crippen LogP contribution >= 0.6 is 0 Å². The predicted molar refractivity (Wildman–Crippen MR) is 82.5 cm³/mol. The Morgan fingerprint density at radius 3 is 2.45 bits per heavy atom. The van der Waals surface area contributed by atoms with E-state index in [-0.39, 0.29) is 17.4 Å². The van der Waals surface area contributed by atoms with Gasteiger partial charge in [-0.15, -0.1) is 0 Å². The van der Waals surface area contributed by atoms with Crippen LogP contribution in [0, 0.1) is 5.82 Å². The lowest BCUT2D eigenvalue weighted by Gasteiger charge is -2.46. The van der Waals surface area contributed by atoms with Gasteiger partial charge in [-0.2, -0.15) is 0 Å². The summed E-state index contributed by atoms with van der Waals surface area (Å²) < 4.78 is 13.9. The Kier molecular flexibility index (Phi) is 5.17. The predicted octanol–water partition coefficient (Wildman–Crippen LogP) is 3.22. The standard InChI is InChI=1S/C17H27FN2/c1-17(2,20-11-7-4-8-12-20)16(19-3)13-14-9-5-6-10-15(14)18/h5-6,9-10,16,19H,4,7-8,11-13H2,1-3H3. The molecule has 1 saturated heterocycles. The smallest absolute Gasteiger partial charge is 0.126 e. The minimum Gasteiger partial charge on any atom is -0.315 e. The van der Waals surface area contributed by atoms with E-state index in [1.807, 2.05) is 19.2 Å². The molecule has 1 aromatic rings. The van der Waals surface area contributed by atoms with Gasteiger partial charge in [0.25, 0.3) is 0 Å². The fourth-order valence-corrected chi connectivity index (χ4v) is 3.28. The molecule has 1 N–H and O–H groups in total. The second kappa shape index (κ2) is 6.68. The van der Waals surface area contributed by atoms with Crippen LogP contribution in [-0.2, 0) is 6.42 Å². The third kappa shape index (κ3) is 3.39. The zero-order chi connectivity index (χ0) is 14.6. The Bertz CT molecular complexity index is 425. The molecule has 1 unspecified atom stereocenters. The molecule has 112 valence electrons. The van der Waals surface area contributed by atoms with Crippen molar-refractivity contribution in [1.82, 2.24) is 10.2 Å². The first-order valence-electron chi connectivity index (χ1n) is 7.71. The minimum atomic E-state index is -0.0952. The molecule has 1 heterocycles. The maximum absolute atomic E-state index is 13.9.